The van der Waals surface area contributed by atoms with Crippen molar-refractivity contribution in [2.24, 2.45) is 0 Å². The predicted molar refractivity (Wildman–Crippen MR) is 73.4 cm³/mol. The van der Waals surface area contributed by atoms with Crippen LogP contribution in [-0.2, 0) is 4.74 Å². The second kappa shape index (κ2) is 9.91. The minimum absolute atomic E-state index is 0.0539. The van der Waals surface area contributed by atoms with Crippen molar-refractivity contribution in [1.82, 2.24) is 5.32 Å². The van der Waals surface area contributed by atoms with Gasteiger partial charge < -0.3 is 43.9 Å². The molecule has 0 amide bonds. The van der Waals surface area contributed by atoms with Crippen molar-refractivity contribution in [2.75, 3.05) is 26.3 Å². The number of ether oxygens (including phenoxy) is 1. The van der Waals surface area contributed by atoms with Crippen molar-refractivity contribution in [3.63, 3.8) is 0 Å². The van der Waals surface area contributed by atoms with E-state index in [1.54, 1.807) is 0 Å². The molecule has 1 atom stereocenters. The number of rotatable bonds is 12. The minimum atomic E-state index is -3.99. The zero-order valence-corrected chi connectivity index (χ0v) is 13.3. The van der Waals surface area contributed by atoms with E-state index in [2.05, 4.69) is 5.32 Å². The van der Waals surface area contributed by atoms with Gasteiger partial charge in [0.25, 0.3) is 0 Å². The average Bonchev–Trinajstić information content (AvgIpc) is 2.25. The number of aliphatic hydroxyl groups excluding tert-OH is 1. The van der Waals surface area contributed by atoms with Crippen LogP contribution in [0.2, 0.25) is 12.1 Å². The van der Waals surface area contributed by atoms with Crippen molar-refractivity contribution in [3.8, 4) is 0 Å². The predicted octanol–water partition coefficient (Wildman–Crippen LogP) is -3.43. The van der Waals surface area contributed by atoms with Crippen LogP contribution in [0.4, 0.5) is 0 Å². The van der Waals surface area contributed by atoms with E-state index in [-0.39, 0.29) is 31.8 Å². The van der Waals surface area contributed by atoms with E-state index in [0.717, 1.165) is 0 Å². The van der Waals surface area contributed by atoms with Crippen LogP contribution in [0.5, 0.6) is 0 Å². The van der Waals surface area contributed by atoms with Gasteiger partial charge in [0.2, 0.25) is 0 Å². The fraction of sp³-hybridized carbons (Fsp3) is 1.00. The molecular formula is C9H25NO8Si2. The lowest BCUT2D eigenvalue weighted by molar-refractivity contribution is 0.0364. The summed E-state index contributed by atoms with van der Waals surface area (Å²) in [5.41, 5.74) is 0. The van der Waals surface area contributed by atoms with Crippen LogP contribution in [-0.4, -0.2) is 83.9 Å². The van der Waals surface area contributed by atoms with Crippen molar-refractivity contribution in [2.45, 2.75) is 31.0 Å². The molecular weight excluding hydrogens is 306 g/mol. The van der Waals surface area contributed by atoms with Crippen LogP contribution in [0.15, 0.2) is 0 Å². The Balaban J connectivity index is 3.35. The van der Waals surface area contributed by atoms with Gasteiger partial charge in [-0.3, -0.25) is 0 Å². The standard InChI is InChI=1S/C9H25NO8Si2/c11-9(7-10-3-1-5-19(12,13)14)8-18-4-2-6-20(15,16)17/h9-17H,1-8H2. The molecule has 0 saturated heterocycles. The van der Waals surface area contributed by atoms with E-state index in [1.807, 2.05) is 0 Å². The van der Waals surface area contributed by atoms with Crippen molar-refractivity contribution < 1.29 is 38.6 Å². The van der Waals surface area contributed by atoms with Gasteiger partial charge in [-0.25, -0.2) is 0 Å². The van der Waals surface area contributed by atoms with E-state index >= 15 is 0 Å². The Labute approximate surface area is 119 Å². The van der Waals surface area contributed by atoms with Gasteiger partial charge in [-0.2, -0.15) is 0 Å². The summed E-state index contributed by atoms with van der Waals surface area (Å²) in [4.78, 5) is 52.5. The molecule has 122 valence electrons. The van der Waals surface area contributed by atoms with Crippen LogP contribution >= 0.6 is 0 Å². The van der Waals surface area contributed by atoms with E-state index < -0.39 is 23.7 Å². The van der Waals surface area contributed by atoms with Crippen LogP contribution in [0.3, 0.4) is 0 Å². The van der Waals surface area contributed by atoms with Gasteiger partial charge in [0.05, 0.1) is 12.7 Å². The summed E-state index contributed by atoms with van der Waals surface area (Å²) in [5, 5.41) is 12.4. The fourth-order valence-electron chi connectivity index (χ4n) is 1.41. The third-order valence-corrected chi connectivity index (χ3v) is 4.41. The molecule has 0 saturated carbocycles. The summed E-state index contributed by atoms with van der Waals surface area (Å²) in [6.45, 7) is 0.973. The van der Waals surface area contributed by atoms with E-state index in [0.29, 0.717) is 19.4 Å². The number of aliphatic hydroxyl groups is 1. The molecule has 0 aromatic carbocycles. The maximum Gasteiger partial charge on any atom is 0.492 e. The van der Waals surface area contributed by atoms with Crippen LogP contribution in [0, 0.1) is 0 Å². The summed E-state index contributed by atoms with van der Waals surface area (Å²) in [7, 11) is -7.96. The molecule has 0 spiro atoms. The molecule has 0 aromatic rings. The second-order valence-electron chi connectivity index (χ2n) is 4.69. The third kappa shape index (κ3) is 16.1. The summed E-state index contributed by atoms with van der Waals surface area (Å²) in [6.07, 6.45) is -0.0558. The lowest BCUT2D eigenvalue weighted by Gasteiger charge is -2.14. The molecule has 0 aliphatic carbocycles. The highest BCUT2D eigenvalue weighted by molar-refractivity contribution is 6.56. The topological polar surface area (TPSA) is 163 Å². The van der Waals surface area contributed by atoms with Crippen LogP contribution in [0.25, 0.3) is 0 Å². The maximum absolute atomic E-state index is 9.50. The van der Waals surface area contributed by atoms with Crippen molar-refractivity contribution in [3.05, 3.63) is 0 Å². The molecule has 0 heterocycles. The molecule has 0 fully saturated rings. The normalized spacial score (nSPS) is 14.6. The first-order chi connectivity index (χ1) is 9.10. The number of nitrogens with one attached hydrogen (secondary N) is 1. The zero-order valence-electron chi connectivity index (χ0n) is 11.3. The van der Waals surface area contributed by atoms with Gasteiger partial charge in [-0.1, -0.05) is 0 Å². The molecule has 0 rings (SSSR count). The molecule has 11 heteroatoms. The van der Waals surface area contributed by atoms with Crippen LogP contribution in [0.1, 0.15) is 12.8 Å². The van der Waals surface area contributed by atoms with E-state index in [4.69, 9.17) is 33.5 Å². The molecule has 20 heavy (non-hydrogen) atoms. The smallest absolute Gasteiger partial charge is 0.390 e. The van der Waals surface area contributed by atoms with Gasteiger partial charge >= 0.3 is 17.6 Å². The summed E-state index contributed by atoms with van der Waals surface area (Å²) < 4.78 is 5.09. The molecule has 0 aliphatic heterocycles. The van der Waals surface area contributed by atoms with Gasteiger partial charge in [-0.15, -0.1) is 0 Å². The Kier molecular flexibility index (Phi) is 9.95. The lowest BCUT2D eigenvalue weighted by atomic mass is 10.3. The zero-order chi connectivity index (χ0) is 15.6. The highest BCUT2D eigenvalue weighted by Gasteiger charge is 2.26. The Bertz CT molecular complexity index is 221. The second-order valence-corrected chi connectivity index (χ2v) is 8.79. The molecule has 0 bridgehead atoms. The molecule has 1 unspecified atom stereocenters. The summed E-state index contributed by atoms with van der Waals surface area (Å²) in [5.74, 6) is 0. The Morgan fingerprint density at radius 3 is 2.00 bits per heavy atom. The molecule has 8 N–H and O–H groups in total. The summed E-state index contributed by atoms with van der Waals surface area (Å²) >= 11 is 0. The first-order valence-corrected chi connectivity index (χ1v) is 10.5. The molecule has 0 aliphatic rings. The first-order valence-electron chi connectivity index (χ1n) is 6.41. The fourth-order valence-corrected chi connectivity index (χ4v) is 2.68. The molecule has 0 radical (unpaired) electrons. The Morgan fingerprint density at radius 2 is 1.45 bits per heavy atom. The highest BCUT2D eigenvalue weighted by Crippen LogP contribution is 2.02. The van der Waals surface area contributed by atoms with Gasteiger partial charge in [0.1, 0.15) is 0 Å². The average molecular weight is 331 g/mol. The SMILES string of the molecule is OC(CNCCC[Si](O)(O)O)COCCC[Si](O)(O)O. The number of hydrogen-bond donors (Lipinski definition) is 8. The quantitative estimate of drug-likeness (QED) is 0.134. The van der Waals surface area contributed by atoms with Crippen LogP contribution < -0.4 is 5.32 Å². The van der Waals surface area contributed by atoms with E-state index in [1.165, 1.54) is 0 Å². The molecule has 0 aromatic heterocycles. The largest absolute Gasteiger partial charge is 0.492 e. The van der Waals surface area contributed by atoms with E-state index in [9.17, 15) is 5.11 Å². The monoisotopic (exact) mass is 331 g/mol. The first kappa shape index (κ1) is 20.1. The van der Waals surface area contributed by atoms with Gasteiger partial charge in [0.15, 0.2) is 0 Å². The minimum Gasteiger partial charge on any atom is -0.390 e. The van der Waals surface area contributed by atoms with Gasteiger partial charge in [0, 0.05) is 25.2 Å². The Morgan fingerprint density at radius 1 is 0.900 bits per heavy atom. The molecule has 9 nitrogen and oxygen atoms in total. The highest BCUT2D eigenvalue weighted by atomic mass is 28.4. The third-order valence-electron chi connectivity index (χ3n) is 2.36. The Hall–Kier alpha value is 0.0738. The number of hydrogen-bond acceptors (Lipinski definition) is 9. The van der Waals surface area contributed by atoms with Crippen molar-refractivity contribution in [1.29, 1.82) is 0 Å². The van der Waals surface area contributed by atoms with Gasteiger partial charge in [-0.05, 0) is 19.4 Å². The summed E-state index contributed by atoms with van der Waals surface area (Å²) in [6, 6.07) is -0.155. The lowest BCUT2D eigenvalue weighted by Crippen LogP contribution is -2.36. The van der Waals surface area contributed by atoms with Crippen molar-refractivity contribution >= 4 is 17.6 Å². The maximum atomic E-state index is 9.50.